The summed E-state index contributed by atoms with van der Waals surface area (Å²) in [6.07, 6.45) is 1.02. The van der Waals surface area contributed by atoms with Crippen LogP contribution in [-0.4, -0.2) is 37.2 Å². The molecule has 1 unspecified atom stereocenters. The lowest BCUT2D eigenvalue weighted by Crippen LogP contribution is -2.30. The molecule has 8 heteroatoms. The van der Waals surface area contributed by atoms with Gasteiger partial charge in [0.05, 0.1) is 24.8 Å². The van der Waals surface area contributed by atoms with Gasteiger partial charge in [0.15, 0.2) is 29.1 Å². The minimum absolute atomic E-state index is 0.0183. The number of nitrogens with zero attached hydrogens (tertiary/aromatic N) is 1. The Morgan fingerprint density at radius 2 is 1.84 bits per heavy atom. The maximum absolute atomic E-state index is 14.3. The number of hydrogen-bond acceptors (Lipinski definition) is 5. The van der Waals surface area contributed by atoms with Crippen LogP contribution in [0.1, 0.15) is 38.1 Å². The molecule has 5 nitrogen and oxygen atoms in total. The number of aliphatic imine (C=N–C) groups is 1. The zero-order chi connectivity index (χ0) is 19.4. The van der Waals surface area contributed by atoms with E-state index in [2.05, 4.69) is 9.73 Å². The fourth-order valence-electron chi connectivity index (χ4n) is 1.87. The third-order valence-corrected chi connectivity index (χ3v) is 3.02. The Bertz CT molecular complexity index is 696. The van der Waals surface area contributed by atoms with Gasteiger partial charge in [-0.1, -0.05) is 0 Å². The highest BCUT2D eigenvalue weighted by Crippen LogP contribution is 2.28. The molecule has 25 heavy (non-hydrogen) atoms. The molecular formula is C17H20F3NO4. The maximum Gasteiger partial charge on any atom is 0.322 e. The minimum atomic E-state index is -1.59. The highest BCUT2D eigenvalue weighted by molar-refractivity contribution is 6.18. The second-order valence-corrected chi connectivity index (χ2v) is 6.11. The topological polar surface area (TPSA) is 65.0 Å². The average molecular weight is 359 g/mol. The van der Waals surface area contributed by atoms with Gasteiger partial charge in [-0.15, -0.1) is 0 Å². The number of esters is 1. The lowest BCUT2D eigenvalue weighted by molar-refractivity contribution is -0.143. The number of ether oxygens (including phenoxy) is 2. The number of carbonyl (C=O) groups is 2. The van der Waals surface area contributed by atoms with Crippen molar-refractivity contribution < 1.29 is 32.2 Å². The monoisotopic (exact) mass is 359 g/mol. The van der Waals surface area contributed by atoms with Crippen LogP contribution in [0.25, 0.3) is 0 Å². The van der Waals surface area contributed by atoms with Crippen LogP contribution in [-0.2, 0) is 9.53 Å². The number of rotatable bonds is 6. The molecule has 1 atom stereocenters. The van der Waals surface area contributed by atoms with Gasteiger partial charge in [-0.05, 0) is 33.8 Å². The Labute approximate surface area is 143 Å². The molecule has 1 rings (SSSR count). The van der Waals surface area contributed by atoms with Crippen LogP contribution in [0.2, 0.25) is 0 Å². The molecule has 0 fully saturated rings. The number of halogens is 3. The van der Waals surface area contributed by atoms with Crippen molar-refractivity contribution in [2.75, 3.05) is 13.7 Å². The van der Waals surface area contributed by atoms with Gasteiger partial charge in [-0.25, -0.2) is 8.78 Å². The molecule has 0 aliphatic heterocycles. The van der Waals surface area contributed by atoms with Gasteiger partial charge in [-0.2, -0.15) is 4.39 Å². The smallest absolute Gasteiger partial charge is 0.322 e. The highest BCUT2D eigenvalue weighted by atomic mass is 19.2. The first kappa shape index (κ1) is 20.7. The first-order chi connectivity index (χ1) is 11.5. The second kappa shape index (κ2) is 8.13. The third kappa shape index (κ3) is 5.04. The summed E-state index contributed by atoms with van der Waals surface area (Å²) in [6, 6.07) is 0.382. The van der Waals surface area contributed by atoms with E-state index in [1.165, 1.54) is 6.92 Å². The number of benzene rings is 1. The number of methoxy groups -OCH3 is 1. The summed E-state index contributed by atoms with van der Waals surface area (Å²) in [5.41, 5.74) is -1.44. The van der Waals surface area contributed by atoms with Crippen LogP contribution < -0.4 is 4.74 Å². The summed E-state index contributed by atoms with van der Waals surface area (Å²) < 4.78 is 50.7. The van der Waals surface area contributed by atoms with Crippen molar-refractivity contribution in [3.63, 3.8) is 0 Å². The number of carbonyl (C=O) groups excluding carboxylic acids is 2. The Balaban J connectivity index is 3.42. The standard InChI is InChI=1S/C17H20F3NO4/c1-6-25-16(23)10(8-21-17(2,3)4)14(22)9-7-11(18)13(20)15(24-5)12(9)19/h7-8,10H,6H2,1-5H3. The zero-order valence-corrected chi connectivity index (χ0v) is 14.7. The van der Waals surface area contributed by atoms with Crippen LogP contribution in [0, 0.1) is 23.4 Å². The third-order valence-electron chi connectivity index (χ3n) is 3.02. The average Bonchev–Trinajstić information content (AvgIpc) is 2.50. The molecular weight excluding hydrogens is 339 g/mol. The largest absolute Gasteiger partial charge is 0.491 e. The van der Waals surface area contributed by atoms with Crippen molar-refractivity contribution in [1.29, 1.82) is 0 Å². The number of hydrogen-bond donors (Lipinski definition) is 0. The predicted octanol–water partition coefficient (Wildman–Crippen LogP) is 3.34. The molecule has 0 heterocycles. The van der Waals surface area contributed by atoms with Crippen LogP contribution >= 0.6 is 0 Å². The van der Waals surface area contributed by atoms with E-state index in [0.29, 0.717) is 6.07 Å². The maximum atomic E-state index is 14.3. The first-order valence-corrected chi connectivity index (χ1v) is 7.51. The van der Waals surface area contributed by atoms with E-state index >= 15 is 0 Å². The molecule has 0 aliphatic rings. The Hall–Kier alpha value is -2.38. The van der Waals surface area contributed by atoms with Crippen molar-refractivity contribution in [1.82, 2.24) is 0 Å². The van der Waals surface area contributed by atoms with E-state index in [1.807, 2.05) is 0 Å². The SMILES string of the molecule is CCOC(=O)C(C=NC(C)(C)C)C(=O)c1cc(F)c(F)c(OC)c1F. The molecule has 0 bridgehead atoms. The summed E-state index contributed by atoms with van der Waals surface area (Å²) in [6.45, 7) is 6.67. The van der Waals surface area contributed by atoms with Gasteiger partial charge < -0.3 is 9.47 Å². The van der Waals surface area contributed by atoms with Gasteiger partial charge in [0, 0.05) is 6.21 Å². The lowest BCUT2D eigenvalue weighted by atomic mass is 9.97. The molecule has 0 saturated carbocycles. The van der Waals surface area contributed by atoms with Crippen LogP contribution in [0.4, 0.5) is 13.2 Å². The molecule has 1 aromatic rings. The molecule has 0 N–H and O–H groups in total. The molecule has 0 aliphatic carbocycles. The van der Waals surface area contributed by atoms with Crippen LogP contribution in [0.5, 0.6) is 5.75 Å². The Morgan fingerprint density at radius 3 is 2.32 bits per heavy atom. The first-order valence-electron chi connectivity index (χ1n) is 7.51. The molecule has 1 aromatic carbocycles. The molecule has 0 saturated heterocycles. The van der Waals surface area contributed by atoms with Crippen LogP contribution in [0.3, 0.4) is 0 Å². The quantitative estimate of drug-likeness (QED) is 0.257. The molecule has 0 aromatic heterocycles. The van der Waals surface area contributed by atoms with Crippen molar-refractivity contribution in [3.8, 4) is 5.75 Å². The molecule has 0 radical (unpaired) electrons. The van der Waals surface area contributed by atoms with E-state index in [0.717, 1.165) is 13.3 Å². The van der Waals surface area contributed by atoms with Crippen molar-refractivity contribution in [3.05, 3.63) is 29.1 Å². The predicted molar refractivity (Wildman–Crippen MR) is 85.6 cm³/mol. The fourth-order valence-corrected chi connectivity index (χ4v) is 1.87. The van der Waals surface area contributed by atoms with E-state index in [4.69, 9.17) is 4.74 Å². The summed E-state index contributed by atoms with van der Waals surface area (Å²) in [4.78, 5) is 28.6. The Morgan fingerprint density at radius 1 is 1.24 bits per heavy atom. The van der Waals surface area contributed by atoms with Crippen molar-refractivity contribution in [2.45, 2.75) is 33.2 Å². The summed E-state index contributed by atoms with van der Waals surface area (Å²) in [5, 5.41) is 0. The van der Waals surface area contributed by atoms with Crippen molar-refractivity contribution in [2.24, 2.45) is 10.9 Å². The van der Waals surface area contributed by atoms with Gasteiger partial charge in [0.25, 0.3) is 0 Å². The fraction of sp³-hybridized carbons (Fsp3) is 0.471. The summed E-state index contributed by atoms with van der Waals surface area (Å²) >= 11 is 0. The van der Waals surface area contributed by atoms with Crippen LogP contribution in [0.15, 0.2) is 11.1 Å². The molecule has 0 amide bonds. The summed E-state index contributed by atoms with van der Waals surface area (Å²) in [5.74, 6) is -9.15. The molecule has 0 spiro atoms. The second-order valence-electron chi connectivity index (χ2n) is 6.11. The lowest BCUT2D eigenvalue weighted by Gasteiger charge is -2.16. The van der Waals surface area contributed by atoms with Gasteiger partial charge in [0.1, 0.15) is 0 Å². The normalized spacial score (nSPS) is 13.0. The van der Waals surface area contributed by atoms with Gasteiger partial charge in [0.2, 0.25) is 5.82 Å². The van der Waals surface area contributed by atoms with Gasteiger partial charge >= 0.3 is 5.97 Å². The Kier molecular flexibility index (Phi) is 6.72. The molecule has 138 valence electrons. The summed E-state index contributed by atoms with van der Waals surface area (Å²) in [7, 11) is 0.930. The highest BCUT2D eigenvalue weighted by Gasteiger charge is 2.33. The van der Waals surface area contributed by atoms with E-state index in [1.54, 1.807) is 20.8 Å². The minimum Gasteiger partial charge on any atom is -0.491 e. The van der Waals surface area contributed by atoms with E-state index in [-0.39, 0.29) is 6.61 Å². The zero-order valence-electron chi connectivity index (χ0n) is 14.7. The van der Waals surface area contributed by atoms with E-state index < -0.39 is 52.0 Å². The van der Waals surface area contributed by atoms with E-state index in [9.17, 15) is 22.8 Å². The van der Waals surface area contributed by atoms with Gasteiger partial charge in [-0.3, -0.25) is 14.6 Å². The number of ketones is 1. The number of Topliss-reactive ketones (excluding diaryl/α,β-unsaturated/α-hetero) is 1. The van der Waals surface area contributed by atoms with Crippen molar-refractivity contribution >= 4 is 18.0 Å².